The van der Waals surface area contributed by atoms with E-state index < -0.39 is 20.0 Å². The molecule has 0 saturated carbocycles. The van der Waals surface area contributed by atoms with Crippen LogP contribution < -0.4 is 9.44 Å². The Balaban J connectivity index is 2.45. The van der Waals surface area contributed by atoms with Gasteiger partial charge in [0.1, 0.15) is 0 Å². The third-order valence-electron chi connectivity index (χ3n) is 3.14. The second-order valence-electron chi connectivity index (χ2n) is 4.75. The van der Waals surface area contributed by atoms with E-state index in [1.54, 1.807) is 19.1 Å². The molecule has 0 heterocycles. The lowest BCUT2D eigenvalue weighted by Gasteiger charge is -2.12. The lowest BCUT2D eigenvalue weighted by molar-refractivity contribution is 0.588. The molecule has 2 aromatic rings. The van der Waals surface area contributed by atoms with E-state index in [0.717, 1.165) is 6.07 Å². The summed E-state index contributed by atoms with van der Waals surface area (Å²) < 4.78 is 53.1. The van der Waals surface area contributed by atoms with Gasteiger partial charge in [-0.3, -0.25) is 4.72 Å². The molecule has 0 unspecified atom stereocenters. The van der Waals surface area contributed by atoms with Crippen LogP contribution >= 0.6 is 11.6 Å². The third-order valence-corrected chi connectivity index (χ3v) is 6.15. The molecular formula is C14H15ClN2O4S2. The van der Waals surface area contributed by atoms with Crippen molar-refractivity contribution < 1.29 is 16.8 Å². The van der Waals surface area contributed by atoms with Crippen LogP contribution in [-0.4, -0.2) is 23.9 Å². The molecule has 0 spiro atoms. The number of nitrogens with one attached hydrogen (secondary N) is 2. The first kappa shape index (κ1) is 17.7. The van der Waals surface area contributed by atoms with Crippen LogP contribution in [0.3, 0.4) is 0 Å². The number of sulfonamides is 2. The first-order valence-electron chi connectivity index (χ1n) is 6.48. The average molecular weight is 375 g/mol. The van der Waals surface area contributed by atoms with E-state index in [0.29, 0.717) is 16.3 Å². The smallest absolute Gasteiger partial charge is 0.261 e. The van der Waals surface area contributed by atoms with Gasteiger partial charge >= 0.3 is 0 Å². The van der Waals surface area contributed by atoms with Crippen LogP contribution in [0, 0.1) is 6.92 Å². The Labute approximate surface area is 140 Å². The normalized spacial score (nSPS) is 12.1. The number of benzene rings is 2. The van der Waals surface area contributed by atoms with Crippen LogP contribution in [0.25, 0.3) is 0 Å². The largest absolute Gasteiger partial charge is 0.279 e. The van der Waals surface area contributed by atoms with Crippen molar-refractivity contribution in [2.24, 2.45) is 0 Å². The van der Waals surface area contributed by atoms with Crippen LogP contribution in [0.5, 0.6) is 0 Å². The fourth-order valence-electron chi connectivity index (χ4n) is 1.83. The minimum absolute atomic E-state index is 0.134. The Hall–Kier alpha value is -1.61. The summed E-state index contributed by atoms with van der Waals surface area (Å²) in [5.74, 6) is 0. The molecule has 0 aliphatic heterocycles. The van der Waals surface area contributed by atoms with Crippen LogP contribution in [0.2, 0.25) is 5.02 Å². The Bertz CT molecular complexity index is 941. The quantitative estimate of drug-likeness (QED) is 0.840. The fourth-order valence-corrected chi connectivity index (χ4v) is 4.02. The molecule has 23 heavy (non-hydrogen) atoms. The zero-order chi connectivity index (χ0) is 17.3. The Morgan fingerprint density at radius 2 is 1.52 bits per heavy atom. The maximum atomic E-state index is 12.5. The van der Waals surface area contributed by atoms with Crippen molar-refractivity contribution in [1.82, 2.24) is 4.72 Å². The SMILES string of the molecule is CNS(=O)(=O)c1cccc(S(=O)(=O)Nc2cc(Cl)ccc2C)c1. The Kier molecular flexibility index (Phi) is 5.00. The summed E-state index contributed by atoms with van der Waals surface area (Å²) in [6.45, 7) is 1.73. The highest BCUT2D eigenvalue weighted by atomic mass is 35.5. The van der Waals surface area contributed by atoms with Crippen molar-refractivity contribution >= 4 is 37.3 Å². The monoisotopic (exact) mass is 374 g/mol. The second-order valence-corrected chi connectivity index (χ2v) is 8.75. The van der Waals surface area contributed by atoms with Crippen molar-refractivity contribution in [3.63, 3.8) is 0 Å². The number of aryl methyl sites for hydroxylation is 1. The minimum atomic E-state index is -3.94. The van der Waals surface area contributed by atoms with Crippen LogP contribution in [0.4, 0.5) is 5.69 Å². The Morgan fingerprint density at radius 1 is 0.913 bits per heavy atom. The van der Waals surface area contributed by atoms with Gasteiger partial charge in [0.2, 0.25) is 10.0 Å². The second kappa shape index (κ2) is 6.48. The molecule has 0 aliphatic rings. The summed E-state index contributed by atoms with van der Waals surface area (Å²) >= 11 is 5.87. The molecule has 2 N–H and O–H groups in total. The zero-order valence-corrected chi connectivity index (χ0v) is 14.8. The van der Waals surface area contributed by atoms with E-state index >= 15 is 0 Å². The molecule has 6 nitrogen and oxygen atoms in total. The lowest BCUT2D eigenvalue weighted by Crippen LogP contribution is -2.20. The number of hydrogen-bond acceptors (Lipinski definition) is 4. The topological polar surface area (TPSA) is 92.3 Å². The van der Waals surface area contributed by atoms with Gasteiger partial charge in [0.15, 0.2) is 0 Å². The molecule has 0 fully saturated rings. The zero-order valence-electron chi connectivity index (χ0n) is 12.4. The van der Waals surface area contributed by atoms with Gasteiger partial charge in [0.25, 0.3) is 10.0 Å². The number of hydrogen-bond donors (Lipinski definition) is 2. The van der Waals surface area contributed by atoms with E-state index in [1.165, 1.54) is 31.3 Å². The van der Waals surface area contributed by atoms with Crippen LogP contribution in [0.1, 0.15) is 5.56 Å². The van der Waals surface area contributed by atoms with Crippen LogP contribution in [0.15, 0.2) is 52.3 Å². The van der Waals surface area contributed by atoms with E-state index in [-0.39, 0.29) is 9.79 Å². The van der Waals surface area contributed by atoms with Gasteiger partial charge in [-0.15, -0.1) is 0 Å². The van der Waals surface area contributed by atoms with E-state index in [4.69, 9.17) is 11.6 Å². The van der Waals surface area contributed by atoms with Gasteiger partial charge in [0.05, 0.1) is 15.5 Å². The van der Waals surface area contributed by atoms with Crippen molar-refractivity contribution in [1.29, 1.82) is 0 Å². The van der Waals surface area contributed by atoms with Gasteiger partial charge in [0, 0.05) is 5.02 Å². The molecule has 0 atom stereocenters. The number of anilines is 1. The van der Waals surface area contributed by atoms with Gasteiger partial charge in [-0.2, -0.15) is 0 Å². The summed E-state index contributed by atoms with van der Waals surface area (Å²) in [5.41, 5.74) is 1.02. The molecule has 124 valence electrons. The summed E-state index contributed by atoms with van der Waals surface area (Å²) in [7, 11) is -6.42. The number of halogens is 1. The molecule has 0 amide bonds. The molecule has 2 aromatic carbocycles. The maximum absolute atomic E-state index is 12.5. The van der Waals surface area contributed by atoms with Gasteiger partial charge in [-0.25, -0.2) is 21.6 Å². The van der Waals surface area contributed by atoms with E-state index in [9.17, 15) is 16.8 Å². The molecule has 0 saturated heterocycles. The lowest BCUT2D eigenvalue weighted by atomic mass is 10.2. The highest BCUT2D eigenvalue weighted by Gasteiger charge is 2.19. The summed E-state index contributed by atoms with van der Waals surface area (Å²) in [4.78, 5) is -0.293. The predicted molar refractivity (Wildman–Crippen MR) is 89.7 cm³/mol. The first-order valence-corrected chi connectivity index (χ1v) is 9.83. The summed E-state index contributed by atoms with van der Waals surface area (Å²) in [5, 5.41) is 0.389. The van der Waals surface area contributed by atoms with E-state index in [2.05, 4.69) is 9.44 Å². The van der Waals surface area contributed by atoms with Crippen molar-refractivity contribution in [2.75, 3.05) is 11.8 Å². The fraction of sp³-hybridized carbons (Fsp3) is 0.143. The van der Waals surface area contributed by atoms with Crippen LogP contribution in [-0.2, 0) is 20.0 Å². The standard InChI is InChI=1S/C14H15ClN2O4S2/c1-10-6-7-11(15)8-14(10)17-23(20,21)13-5-3-4-12(9-13)22(18,19)16-2/h3-9,16-17H,1-2H3. The predicted octanol–water partition coefficient (Wildman–Crippen LogP) is 2.36. The molecule has 2 rings (SSSR count). The minimum Gasteiger partial charge on any atom is -0.279 e. The summed E-state index contributed by atoms with van der Waals surface area (Å²) in [6, 6.07) is 9.91. The molecule has 0 radical (unpaired) electrons. The van der Waals surface area contributed by atoms with Crippen molar-refractivity contribution in [2.45, 2.75) is 16.7 Å². The highest BCUT2D eigenvalue weighted by molar-refractivity contribution is 7.93. The van der Waals surface area contributed by atoms with Crippen molar-refractivity contribution in [3.8, 4) is 0 Å². The maximum Gasteiger partial charge on any atom is 0.261 e. The van der Waals surface area contributed by atoms with E-state index in [1.807, 2.05) is 0 Å². The molecule has 0 bridgehead atoms. The molecule has 0 aliphatic carbocycles. The average Bonchev–Trinajstić information content (AvgIpc) is 2.51. The van der Waals surface area contributed by atoms with Crippen molar-refractivity contribution in [3.05, 3.63) is 53.1 Å². The van der Waals surface area contributed by atoms with Gasteiger partial charge in [-0.1, -0.05) is 23.7 Å². The first-order chi connectivity index (χ1) is 10.7. The third kappa shape index (κ3) is 4.03. The molecule has 0 aromatic heterocycles. The van der Waals surface area contributed by atoms with Gasteiger partial charge in [-0.05, 0) is 49.9 Å². The Morgan fingerprint density at radius 3 is 2.13 bits per heavy atom. The molecular weight excluding hydrogens is 360 g/mol. The molecule has 9 heteroatoms. The highest BCUT2D eigenvalue weighted by Crippen LogP contribution is 2.24. The number of rotatable bonds is 5. The van der Waals surface area contributed by atoms with Gasteiger partial charge < -0.3 is 0 Å². The summed E-state index contributed by atoms with van der Waals surface area (Å²) in [6.07, 6.45) is 0.